The van der Waals surface area contributed by atoms with Crippen molar-refractivity contribution in [2.45, 2.75) is 34.6 Å². The molecule has 0 aliphatic carbocycles. The molecule has 0 aliphatic heterocycles. The lowest BCUT2D eigenvalue weighted by Gasteiger charge is -2.28. The molecule has 1 unspecified atom stereocenters. The Morgan fingerprint density at radius 1 is 1.21 bits per heavy atom. The number of hydrogen-bond donors (Lipinski definition) is 0. The summed E-state index contributed by atoms with van der Waals surface area (Å²) in [5.41, 5.74) is -0.110. The fourth-order valence-corrected chi connectivity index (χ4v) is 1.15. The normalized spacial score (nSPS) is 13.8. The first-order valence-corrected chi connectivity index (χ1v) is 5.17. The van der Waals surface area contributed by atoms with Crippen molar-refractivity contribution in [3.05, 3.63) is 0 Å². The highest BCUT2D eigenvalue weighted by Crippen LogP contribution is 2.27. The quantitative estimate of drug-likeness (QED) is 0.641. The third-order valence-electron chi connectivity index (χ3n) is 2.11. The molecule has 0 aromatic rings. The Morgan fingerprint density at radius 3 is 2.14 bits per heavy atom. The van der Waals surface area contributed by atoms with Gasteiger partial charge in [0.1, 0.15) is 0 Å². The van der Waals surface area contributed by atoms with Crippen molar-refractivity contribution in [2.75, 3.05) is 19.8 Å². The molecule has 0 aromatic carbocycles. The second-order valence-electron chi connectivity index (χ2n) is 4.33. The SMILES string of the molecule is CCOCC(C(=O)OCC)C(C)(C)C. The van der Waals surface area contributed by atoms with E-state index in [9.17, 15) is 4.79 Å². The zero-order valence-electron chi connectivity index (χ0n) is 9.92. The fraction of sp³-hybridized carbons (Fsp3) is 0.909. The van der Waals surface area contributed by atoms with Gasteiger partial charge in [0.15, 0.2) is 0 Å². The summed E-state index contributed by atoms with van der Waals surface area (Å²) in [6.45, 7) is 11.3. The molecule has 0 aliphatic rings. The summed E-state index contributed by atoms with van der Waals surface area (Å²) in [5, 5.41) is 0. The lowest BCUT2D eigenvalue weighted by molar-refractivity contribution is -0.154. The molecule has 0 spiro atoms. The third kappa shape index (κ3) is 4.61. The smallest absolute Gasteiger partial charge is 0.311 e. The van der Waals surface area contributed by atoms with E-state index in [1.54, 1.807) is 0 Å². The summed E-state index contributed by atoms with van der Waals surface area (Å²) in [6, 6.07) is 0. The van der Waals surface area contributed by atoms with Gasteiger partial charge in [0.05, 0.1) is 19.1 Å². The van der Waals surface area contributed by atoms with E-state index in [2.05, 4.69) is 0 Å². The van der Waals surface area contributed by atoms with Gasteiger partial charge in [-0.05, 0) is 19.3 Å². The first kappa shape index (κ1) is 13.4. The van der Waals surface area contributed by atoms with E-state index in [1.807, 2.05) is 34.6 Å². The highest BCUT2D eigenvalue weighted by molar-refractivity contribution is 5.73. The molecular weight excluding hydrogens is 180 g/mol. The maximum absolute atomic E-state index is 11.6. The summed E-state index contributed by atoms with van der Waals surface area (Å²) in [4.78, 5) is 11.6. The van der Waals surface area contributed by atoms with E-state index >= 15 is 0 Å². The molecule has 0 heterocycles. The summed E-state index contributed by atoms with van der Waals surface area (Å²) in [7, 11) is 0. The number of esters is 1. The lowest BCUT2D eigenvalue weighted by Crippen LogP contribution is -2.34. The van der Waals surface area contributed by atoms with Gasteiger partial charge < -0.3 is 9.47 Å². The van der Waals surface area contributed by atoms with E-state index in [0.29, 0.717) is 19.8 Å². The van der Waals surface area contributed by atoms with Crippen LogP contribution in [0, 0.1) is 11.3 Å². The number of carbonyl (C=O) groups excluding carboxylic acids is 1. The Kier molecular flexibility index (Phi) is 5.77. The monoisotopic (exact) mass is 202 g/mol. The van der Waals surface area contributed by atoms with Crippen LogP contribution in [0.3, 0.4) is 0 Å². The molecule has 0 bridgehead atoms. The van der Waals surface area contributed by atoms with Crippen LogP contribution in [0.1, 0.15) is 34.6 Å². The van der Waals surface area contributed by atoms with Gasteiger partial charge in [0.2, 0.25) is 0 Å². The fourth-order valence-electron chi connectivity index (χ4n) is 1.15. The Bertz CT molecular complexity index is 170. The van der Waals surface area contributed by atoms with Gasteiger partial charge in [0, 0.05) is 6.61 Å². The molecule has 0 N–H and O–H groups in total. The minimum absolute atomic E-state index is 0.110. The first-order chi connectivity index (χ1) is 6.43. The number of hydrogen-bond acceptors (Lipinski definition) is 3. The van der Waals surface area contributed by atoms with Gasteiger partial charge in [-0.15, -0.1) is 0 Å². The van der Waals surface area contributed by atoms with Crippen LogP contribution in [0.15, 0.2) is 0 Å². The Hall–Kier alpha value is -0.570. The predicted octanol–water partition coefficient (Wildman–Crippen LogP) is 2.25. The molecule has 0 rings (SSSR count). The maximum Gasteiger partial charge on any atom is 0.311 e. The van der Waals surface area contributed by atoms with Crippen molar-refractivity contribution in [1.29, 1.82) is 0 Å². The summed E-state index contributed by atoms with van der Waals surface area (Å²) >= 11 is 0. The van der Waals surface area contributed by atoms with Gasteiger partial charge in [-0.2, -0.15) is 0 Å². The van der Waals surface area contributed by atoms with Gasteiger partial charge >= 0.3 is 5.97 Å². The first-order valence-electron chi connectivity index (χ1n) is 5.17. The van der Waals surface area contributed by atoms with E-state index in [4.69, 9.17) is 9.47 Å². The molecule has 3 nitrogen and oxygen atoms in total. The molecular formula is C11H22O3. The van der Waals surface area contributed by atoms with Crippen molar-refractivity contribution >= 4 is 5.97 Å². The highest BCUT2D eigenvalue weighted by atomic mass is 16.5. The third-order valence-corrected chi connectivity index (χ3v) is 2.11. The number of ether oxygens (including phenoxy) is 2. The zero-order valence-corrected chi connectivity index (χ0v) is 9.92. The van der Waals surface area contributed by atoms with Crippen molar-refractivity contribution in [1.82, 2.24) is 0 Å². The van der Waals surface area contributed by atoms with Crippen LogP contribution in [-0.4, -0.2) is 25.8 Å². The van der Waals surface area contributed by atoms with Crippen LogP contribution in [0.5, 0.6) is 0 Å². The zero-order chi connectivity index (χ0) is 11.2. The Balaban J connectivity index is 4.31. The molecule has 0 amide bonds. The molecule has 0 aromatic heterocycles. The second-order valence-corrected chi connectivity index (χ2v) is 4.33. The number of carbonyl (C=O) groups is 1. The summed E-state index contributed by atoms with van der Waals surface area (Å²) in [5.74, 6) is -0.337. The van der Waals surface area contributed by atoms with Crippen LogP contribution in [-0.2, 0) is 14.3 Å². The molecule has 3 heteroatoms. The maximum atomic E-state index is 11.6. The van der Waals surface area contributed by atoms with Crippen LogP contribution >= 0.6 is 0 Å². The standard InChI is InChI=1S/C11H22O3/c1-6-13-8-9(11(3,4)5)10(12)14-7-2/h9H,6-8H2,1-5H3. The predicted molar refractivity (Wildman–Crippen MR) is 56.1 cm³/mol. The van der Waals surface area contributed by atoms with E-state index < -0.39 is 0 Å². The van der Waals surface area contributed by atoms with Gasteiger partial charge in [-0.25, -0.2) is 0 Å². The topological polar surface area (TPSA) is 35.5 Å². The average Bonchev–Trinajstić information content (AvgIpc) is 2.03. The molecule has 1 atom stereocenters. The highest BCUT2D eigenvalue weighted by Gasteiger charge is 2.32. The molecule has 14 heavy (non-hydrogen) atoms. The molecule has 0 saturated carbocycles. The van der Waals surface area contributed by atoms with E-state index in [0.717, 1.165) is 0 Å². The Morgan fingerprint density at radius 2 is 1.79 bits per heavy atom. The van der Waals surface area contributed by atoms with Crippen molar-refractivity contribution in [3.8, 4) is 0 Å². The summed E-state index contributed by atoms with van der Waals surface area (Å²) < 4.78 is 10.3. The minimum atomic E-state index is -0.178. The molecule has 84 valence electrons. The van der Waals surface area contributed by atoms with E-state index in [1.165, 1.54) is 0 Å². The largest absolute Gasteiger partial charge is 0.466 e. The van der Waals surface area contributed by atoms with Gasteiger partial charge in [0.25, 0.3) is 0 Å². The summed E-state index contributed by atoms with van der Waals surface area (Å²) in [6.07, 6.45) is 0. The number of rotatable bonds is 5. The van der Waals surface area contributed by atoms with Crippen LogP contribution in [0.25, 0.3) is 0 Å². The van der Waals surface area contributed by atoms with Crippen LogP contribution in [0.4, 0.5) is 0 Å². The molecule has 0 radical (unpaired) electrons. The van der Waals surface area contributed by atoms with Crippen molar-refractivity contribution in [2.24, 2.45) is 11.3 Å². The van der Waals surface area contributed by atoms with E-state index in [-0.39, 0.29) is 17.3 Å². The van der Waals surface area contributed by atoms with Gasteiger partial charge in [-0.1, -0.05) is 20.8 Å². The Labute approximate surface area is 86.8 Å². The van der Waals surface area contributed by atoms with Crippen molar-refractivity contribution in [3.63, 3.8) is 0 Å². The van der Waals surface area contributed by atoms with Crippen LogP contribution in [0.2, 0.25) is 0 Å². The van der Waals surface area contributed by atoms with Crippen molar-refractivity contribution < 1.29 is 14.3 Å². The molecule has 0 saturated heterocycles. The minimum Gasteiger partial charge on any atom is -0.466 e. The van der Waals surface area contributed by atoms with Crippen LogP contribution < -0.4 is 0 Å². The average molecular weight is 202 g/mol. The second kappa shape index (κ2) is 6.02. The lowest BCUT2D eigenvalue weighted by atomic mass is 9.81. The van der Waals surface area contributed by atoms with Gasteiger partial charge in [-0.3, -0.25) is 4.79 Å². The molecule has 0 fully saturated rings.